The lowest BCUT2D eigenvalue weighted by Gasteiger charge is -2.26. The molecular formula is C11H24N2O2. The summed E-state index contributed by atoms with van der Waals surface area (Å²) >= 11 is 0. The minimum absolute atomic E-state index is 0.142. The van der Waals surface area contributed by atoms with Crippen molar-refractivity contribution in [3.8, 4) is 0 Å². The number of carbonyl (C=O) groups excluding carboxylic acids is 1. The third-order valence-corrected chi connectivity index (χ3v) is 2.68. The highest BCUT2D eigenvalue weighted by Gasteiger charge is 2.17. The predicted molar refractivity (Wildman–Crippen MR) is 61.6 cm³/mol. The summed E-state index contributed by atoms with van der Waals surface area (Å²) in [6.45, 7) is 9.10. The van der Waals surface area contributed by atoms with Gasteiger partial charge < -0.3 is 10.5 Å². The first kappa shape index (κ1) is 14.4. The van der Waals surface area contributed by atoms with E-state index in [4.69, 9.17) is 5.73 Å². The van der Waals surface area contributed by atoms with Gasteiger partial charge in [0.25, 0.3) is 0 Å². The summed E-state index contributed by atoms with van der Waals surface area (Å²) in [6.07, 6.45) is 0.994. The molecule has 0 saturated carbocycles. The van der Waals surface area contributed by atoms with Crippen LogP contribution in [0.2, 0.25) is 0 Å². The van der Waals surface area contributed by atoms with Crippen molar-refractivity contribution in [2.75, 3.05) is 33.3 Å². The van der Waals surface area contributed by atoms with Crippen LogP contribution in [0.3, 0.4) is 0 Å². The number of carbonyl (C=O) groups is 1. The van der Waals surface area contributed by atoms with E-state index in [9.17, 15) is 4.79 Å². The maximum Gasteiger partial charge on any atom is 0.319 e. The molecule has 15 heavy (non-hydrogen) atoms. The van der Waals surface area contributed by atoms with Crippen LogP contribution in [0.1, 0.15) is 27.2 Å². The SMILES string of the molecule is CCN(CCC(C)(C)CN)CC(=O)OC. The maximum atomic E-state index is 11.1. The first-order valence-electron chi connectivity index (χ1n) is 5.44. The van der Waals surface area contributed by atoms with E-state index >= 15 is 0 Å². The van der Waals surface area contributed by atoms with E-state index in [2.05, 4.69) is 23.5 Å². The Balaban J connectivity index is 3.95. The van der Waals surface area contributed by atoms with Crippen molar-refractivity contribution in [1.82, 2.24) is 4.90 Å². The summed E-state index contributed by atoms with van der Waals surface area (Å²) in [6, 6.07) is 0. The fourth-order valence-corrected chi connectivity index (χ4v) is 1.16. The Hall–Kier alpha value is -0.610. The van der Waals surface area contributed by atoms with Gasteiger partial charge in [-0.15, -0.1) is 0 Å². The number of likely N-dealkylation sites (N-methyl/N-ethyl adjacent to an activating group) is 1. The van der Waals surface area contributed by atoms with Crippen molar-refractivity contribution in [2.24, 2.45) is 11.1 Å². The first-order chi connectivity index (χ1) is 6.95. The topological polar surface area (TPSA) is 55.6 Å². The zero-order valence-corrected chi connectivity index (χ0v) is 10.4. The van der Waals surface area contributed by atoms with Gasteiger partial charge in [0.15, 0.2) is 0 Å². The van der Waals surface area contributed by atoms with Crippen molar-refractivity contribution >= 4 is 5.97 Å². The highest BCUT2D eigenvalue weighted by molar-refractivity contribution is 5.71. The molecule has 0 rings (SSSR count). The maximum absolute atomic E-state index is 11.1. The second kappa shape index (κ2) is 6.80. The third-order valence-electron chi connectivity index (χ3n) is 2.68. The molecule has 0 unspecified atom stereocenters. The van der Waals surface area contributed by atoms with Crippen LogP contribution in [-0.2, 0) is 9.53 Å². The van der Waals surface area contributed by atoms with Gasteiger partial charge in [0.2, 0.25) is 0 Å². The summed E-state index contributed by atoms with van der Waals surface area (Å²) < 4.78 is 4.64. The molecule has 2 N–H and O–H groups in total. The van der Waals surface area contributed by atoms with Crippen LogP contribution in [-0.4, -0.2) is 44.2 Å². The molecular weight excluding hydrogens is 192 g/mol. The molecule has 0 aromatic carbocycles. The van der Waals surface area contributed by atoms with Crippen molar-refractivity contribution in [3.05, 3.63) is 0 Å². The van der Waals surface area contributed by atoms with Gasteiger partial charge in [-0.3, -0.25) is 9.69 Å². The number of hydrogen-bond donors (Lipinski definition) is 1. The van der Waals surface area contributed by atoms with E-state index in [0.29, 0.717) is 13.1 Å². The predicted octanol–water partition coefficient (Wildman–Crippen LogP) is 0.856. The molecule has 0 aliphatic rings. The summed E-state index contributed by atoms with van der Waals surface area (Å²) in [5, 5.41) is 0. The van der Waals surface area contributed by atoms with Crippen LogP contribution < -0.4 is 5.73 Å². The van der Waals surface area contributed by atoms with E-state index in [1.165, 1.54) is 7.11 Å². The zero-order valence-electron chi connectivity index (χ0n) is 10.4. The molecule has 90 valence electrons. The van der Waals surface area contributed by atoms with E-state index in [-0.39, 0.29) is 11.4 Å². The molecule has 4 heteroatoms. The number of methoxy groups -OCH3 is 1. The van der Waals surface area contributed by atoms with E-state index in [1.54, 1.807) is 0 Å². The number of esters is 1. The molecule has 0 radical (unpaired) electrons. The Morgan fingerprint density at radius 1 is 1.47 bits per heavy atom. The Bertz CT molecular complexity index is 193. The summed E-state index contributed by atoms with van der Waals surface area (Å²) in [5.74, 6) is -0.178. The molecule has 4 nitrogen and oxygen atoms in total. The van der Waals surface area contributed by atoms with E-state index in [0.717, 1.165) is 19.5 Å². The second-order valence-electron chi connectivity index (χ2n) is 4.56. The van der Waals surface area contributed by atoms with Gasteiger partial charge in [0.05, 0.1) is 13.7 Å². The van der Waals surface area contributed by atoms with Gasteiger partial charge in [-0.2, -0.15) is 0 Å². The van der Waals surface area contributed by atoms with Gasteiger partial charge in [-0.05, 0) is 31.5 Å². The number of nitrogens with zero attached hydrogens (tertiary/aromatic N) is 1. The van der Waals surface area contributed by atoms with Crippen LogP contribution in [0.15, 0.2) is 0 Å². The zero-order chi connectivity index (χ0) is 11.9. The van der Waals surface area contributed by atoms with Crippen LogP contribution in [0, 0.1) is 5.41 Å². The molecule has 0 bridgehead atoms. The third kappa shape index (κ3) is 6.47. The van der Waals surface area contributed by atoms with Crippen LogP contribution in [0.5, 0.6) is 0 Å². The summed E-state index contributed by atoms with van der Waals surface area (Å²) in [7, 11) is 1.42. The lowest BCUT2D eigenvalue weighted by atomic mass is 9.89. The molecule has 0 saturated heterocycles. The molecule has 0 spiro atoms. The number of rotatable bonds is 7. The molecule has 0 aliphatic heterocycles. The highest BCUT2D eigenvalue weighted by Crippen LogP contribution is 2.18. The average molecular weight is 216 g/mol. The number of nitrogens with two attached hydrogens (primary N) is 1. The monoisotopic (exact) mass is 216 g/mol. The van der Waals surface area contributed by atoms with Crippen LogP contribution in [0.25, 0.3) is 0 Å². The molecule has 0 aromatic heterocycles. The van der Waals surface area contributed by atoms with Crippen molar-refractivity contribution in [1.29, 1.82) is 0 Å². The molecule has 0 fully saturated rings. The molecule has 0 aromatic rings. The minimum Gasteiger partial charge on any atom is -0.468 e. The van der Waals surface area contributed by atoms with Crippen LogP contribution >= 0.6 is 0 Å². The lowest BCUT2D eigenvalue weighted by Crippen LogP contribution is -2.35. The Morgan fingerprint density at radius 2 is 2.07 bits per heavy atom. The standard InChI is InChI=1S/C11H24N2O2/c1-5-13(8-10(14)15-4)7-6-11(2,3)9-12/h5-9,12H2,1-4H3. The molecule has 0 atom stereocenters. The lowest BCUT2D eigenvalue weighted by molar-refractivity contribution is -0.141. The van der Waals surface area contributed by atoms with Gasteiger partial charge in [0, 0.05) is 0 Å². The minimum atomic E-state index is -0.178. The molecule has 0 amide bonds. The van der Waals surface area contributed by atoms with Crippen molar-refractivity contribution < 1.29 is 9.53 Å². The van der Waals surface area contributed by atoms with E-state index in [1.807, 2.05) is 6.92 Å². The van der Waals surface area contributed by atoms with Crippen molar-refractivity contribution in [3.63, 3.8) is 0 Å². The quantitative estimate of drug-likeness (QED) is 0.641. The number of ether oxygens (including phenoxy) is 1. The Morgan fingerprint density at radius 3 is 2.47 bits per heavy atom. The molecule has 0 heterocycles. The Kier molecular flexibility index (Phi) is 6.52. The van der Waals surface area contributed by atoms with E-state index < -0.39 is 0 Å². The van der Waals surface area contributed by atoms with Gasteiger partial charge in [0.1, 0.15) is 0 Å². The fourth-order valence-electron chi connectivity index (χ4n) is 1.16. The first-order valence-corrected chi connectivity index (χ1v) is 5.44. The molecule has 0 aliphatic carbocycles. The second-order valence-corrected chi connectivity index (χ2v) is 4.56. The Labute approximate surface area is 92.8 Å². The number of hydrogen-bond acceptors (Lipinski definition) is 4. The average Bonchev–Trinajstić information content (AvgIpc) is 2.23. The van der Waals surface area contributed by atoms with Crippen LogP contribution in [0.4, 0.5) is 0 Å². The fraction of sp³-hybridized carbons (Fsp3) is 0.909. The largest absolute Gasteiger partial charge is 0.468 e. The van der Waals surface area contributed by atoms with Gasteiger partial charge in [-0.25, -0.2) is 0 Å². The van der Waals surface area contributed by atoms with Gasteiger partial charge in [-0.1, -0.05) is 20.8 Å². The van der Waals surface area contributed by atoms with Gasteiger partial charge >= 0.3 is 5.97 Å². The van der Waals surface area contributed by atoms with Crippen molar-refractivity contribution in [2.45, 2.75) is 27.2 Å². The highest BCUT2D eigenvalue weighted by atomic mass is 16.5. The smallest absolute Gasteiger partial charge is 0.319 e. The summed E-state index contributed by atoms with van der Waals surface area (Å²) in [5.41, 5.74) is 5.79. The normalized spacial score (nSPS) is 11.9. The summed E-state index contributed by atoms with van der Waals surface area (Å²) in [4.78, 5) is 13.2.